The van der Waals surface area contributed by atoms with E-state index in [1.54, 1.807) is 23.1 Å². The quantitative estimate of drug-likeness (QED) is 0.438. The number of hydrogen-bond donors (Lipinski definition) is 0. The molecule has 0 spiro atoms. The molecule has 0 fully saturated rings. The first-order valence-electron chi connectivity index (χ1n) is 10.3. The van der Waals surface area contributed by atoms with Gasteiger partial charge in [0, 0.05) is 18.7 Å². The Morgan fingerprint density at radius 1 is 1.00 bits per heavy atom. The van der Waals surface area contributed by atoms with Gasteiger partial charge in [0.25, 0.3) is 5.91 Å². The summed E-state index contributed by atoms with van der Waals surface area (Å²) in [5.74, 6) is -0.238. The van der Waals surface area contributed by atoms with E-state index in [0.717, 1.165) is 35.4 Å². The molecule has 7 heteroatoms. The highest BCUT2D eigenvalue weighted by Gasteiger charge is 2.20. The Kier molecular flexibility index (Phi) is 7.30. The number of halogens is 1. The maximum absolute atomic E-state index is 13.2. The number of carbonyl (C=O) groups is 1. The largest absolute Gasteiger partial charge is 0.379 e. The van der Waals surface area contributed by atoms with Gasteiger partial charge in [-0.25, -0.2) is 4.39 Å². The normalized spacial score (nSPS) is 11.4. The molecule has 0 saturated heterocycles. The molecular weight excluding hydrogens is 429 g/mol. The van der Waals surface area contributed by atoms with Crippen LogP contribution in [0.5, 0.6) is 5.75 Å². The van der Waals surface area contributed by atoms with Crippen LogP contribution in [-0.4, -0.2) is 25.8 Å². The fourth-order valence-corrected chi connectivity index (χ4v) is 4.26. The van der Waals surface area contributed by atoms with Crippen LogP contribution in [0.2, 0.25) is 0 Å². The molecule has 3 aromatic carbocycles. The number of carbonyl (C=O) groups excluding carboxylic acids is 1. The molecule has 3 aromatic rings. The van der Waals surface area contributed by atoms with Gasteiger partial charge in [0.05, 0.1) is 0 Å². The summed E-state index contributed by atoms with van der Waals surface area (Å²) in [7, 11) is -4.11. The summed E-state index contributed by atoms with van der Waals surface area (Å²) < 4.78 is 43.4. The summed E-state index contributed by atoms with van der Waals surface area (Å²) in [5, 5.41) is 0. The van der Waals surface area contributed by atoms with E-state index in [-0.39, 0.29) is 22.5 Å². The summed E-state index contributed by atoms with van der Waals surface area (Å²) in [5.41, 5.74) is 2.27. The summed E-state index contributed by atoms with van der Waals surface area (Å²) in [4.78, 5) is 14.8. The Morgan fingerprint density at radius 2 is 1.69 bits per heavy atom. The van der Waals surface area contributed by atoms with Gasteiger partial charge in [0.1, 0.15) is 16.5 Å². The lowest BCUT2D eigenvalue weighted by molar-refractivity contribution is 0.0721. The van der Waals surface area contributed by atoms with Crippen molar-refractivity contribution >= 4 is 16.0 Å². The van der Waals surface area contributed by atoms with Crippen LogP contribution >= 0.6 is 0 Å². The van der Waals surface area contributed by atoms with Crippen molar-refractivity contribution in [2.45, 2.75) is 32.2 Å². The monoisotopic (exact) mass is 455 g/mol. The smallest absolute Gasteiger partial charge is 0.339 e. The Hall–Kier alpha value is -3.19. The minimum absolute atomic E-state index is 0.0814. The van der Waals surface area contributed by atoms with Crippen LogP contribution in [0.1, 0.15) is 35.3 Å². The van der Waals surface area contributed by atoms with Crippen molar-refractivity contribution < 1.29 is 21.8 Å². The molecule has 0 aromatic heterocycles. The molecule has 0 aliphatic rings. The highest BCUT2D eigenvalue weighted by Crippen LogP contribution is 2.22. The zero-order chi connectivity index (χ0) is 23.3. The molecule has 32 heavy (non-hydrogen) atoms. The standard InChI is InChI=1S/C25H26FNO4S/c1-18(2)16-27(25(28)24-10-5-4-7-19(24)3)17-20-8-6-9-22(15-20)31-32(29,30)23-13-11-21(26)12-14-23/h4-15,18H,16-17H2,1-3H3. The Balaban J connectivity index is 1.82. The van der Waals surface area contributed by atoms with Gasteiger partial charge in [-0.15, -0.1) is 0 Å². The highest BCUT2D eigenvalue weighted by atomic mass is 32.2. The van der Waals surface area contributed by atoms with Gasteiger partial charge in [-0.05, 0) is 66.4 Å². The molecule has 0 unspecified atom stereocenters. The number of nitrogens with zero attached hydrogens (tertiary/aromatic N) is 1. The van der Waals surface area contributed by atoms with Crippen LogP contribution in [0.3, 0.4) is 0 Å². The van der Waals surface area contributed by atoms with Crippen molar-refractivity contribution in [3.63, 3.8) is 0 Å². The molecule has 168 valence electrons. The van der Waals surface area contributed by atoms with E-state index in [4.69, 9.17) is 4.18 Å². The van der Waals surface area contributed by atoms with Crippen LogP contribution in [0.25, 0.3) is 0 Å². The van der Waals surface area contributed by atoms with Crippen molar-refractivity contribution in [3.05, 3.63) is 95.3 Å². The maximum Gasteiger partial charge on any atom is 0.339 e. The van der Waals surface area contributed by atoms with Crippen LogP contribution < -0.4 is 4.18 Å². The SMILES string of the molecule is Cc1ccccc1C(=O)N(Cc1cccc(OS(=O)(=O)c2ccc(F)cc2)c1)CC(C)C. The molecule has 5 nitrogen and oxygen atoms in total. The van der Waals surface area contributed by atoms with E-state index >= 15 is 0 Å². The maximum atomic E-state index is 13.2. The van der Waals surface area contributed by atoms with Crippen molar-refractivity contribution in [1.29, 1.82) is 0 Å². The molecule has 0 aliphatic carbocycles. The molecule has 0 saturated carbocycles. The average Bonchev–Trinajstić information content (AvgIpc) is 2.73. The zero-order valence-corrected chi connectivity index (χ0v) is 19.1. The third kappa shape index (κ3) is 5.95. The third-order valence-corrected chi connectivity index (χ3v) is 6.09. The van der Waals surface area contributed by atoms with E-state index in [9.17, 15) is 17.6 Å². The summed E-state index contributed by atoms with van der Waals surface area (Å²) in [6, 6.07) is 18.5. The second-order valence-corrected chi connectivity index (χ2v) is 9.58. The molecule has 1 amide bonds. The van der Waals surface area contributed by atoms with Crippen LogP contribution in [-0.2, 0) is 16.7 Å². The van der Waals surface area contributed by atoms with Gasteiger partial charge >= 0.3 is 10.1 Å². The van der Waals surface area contributed by atoms with Crippen LogP contribution in [0.15, 0.2) is 77.7 Å². The molecular formula is C25H26FNO4S. The van der Waals surface area contributed by atoms with Crippen molar-refractivity contribution in [2.24, 2.45) is 5.92 Å². The number of rotatable bonds is 8. The lowest BCUT2D eigenvalue weighted by atomic mass is 10.1. The Labute approximate surface area is 188 Å². The minimum Gasteiger partial charge on any atom is -0.379 e. The molecule has 0 N–H and O–H groups in total. The van der Waals surface area contributed by atoms with Gasteiger partial charge in [0.2, 0.25) is 0 Å². The van der Waals surface area contributed by atoms with Crippen LogP contribution in [0, 0.1) is 18.7 Å². The van der Waals surface area contributed by atoms with Crippen molar-refractivity contribution in [1.82, 2.24) is 4.90 Å². The minimum atomic E-state index is -4.11. The Bertz CT molecular complexity index is 1190. The van der Waals surface area contributed by atoms with Crippen molar-refractivity contribution in [2.75, 3.05) is 6.54 Å². The first kappa shape index (κ1) is 23.5. The van der Waals surface area contributed by atoms with Crippen molar-refractivity contribution in [3.8, 4) is 5.75 Å². The zero-order valence-electron chi connectivity index (χ0n) is 18.3. The second kappa shape index (κ2) is 9.96. The first-order chi connectivity index (χ1) is 15.2. The fraction of sp³-hybridized carbons (Fsp3) is 0.240. The first-order valence-corrected chi connectivity index (χ1v) is 11.7. The van der Waals surface area contributed by atoms with Gasteiger partial charge in [-0.2, -0.15) is 8.42 Å². The predicted octanol–water partition coefficient (Wildman–Crippen LogP) is 5.20. The average molecular weight is 456 g/mol. The summed E-state index contributed by atoms with van der Waals surface area (Å²) >= 11 is 0. The van der Waals surface area contributed by atoms with E-state index < -0.39 is 15.9 Å². The fourth-order valence-electron chi connectivity index (χ4n) is 3.34. The number of amides is 1. The molecule has 0 bridgehead atoms. The lowest BCUT2D eigenvalue weighted by Crippen LogP contribution is -2.34. The molecule has 0 atom stereocenters. The summed E-state index contributed by atoms with van der Waals surface area (Å²) in [6.45, 7) is 6.82. The third-order valence-electron chi connectivity index (χ3n) is 4.83. The topological polar surface area (TPSA) is 63.7 Å². The highest BCUT2D eigenvalue weighted by molar-refractivity contribution is 7.87. The molecule has 0 aliphatic heterocycles. The van der Waals surface area contributed by atoms with E-state index in [1.807, 2.05) is 45.0 Å². The van der Waals surface area contributed by atoms with Gasteiger partial charge < -0.3 is 9.08 Å². The van der Waals surface area contributed by atoms with Gasteiger partial charge in [-0.1, -0.05) is 44.2 Å². The van der Waals surface area contributed by atoms with E-state index in [1.165, 1.54) is 6.07 Å². The molecule has 3 rings (SSSR count). The summed E-state index contributed by atoms with van der Waals surface area (Å²) in [6.07, 6.45) is 0. The Morgan fingerprint density at radius 3 is 2.34 bits per heavy atom. The lowest BCUT2D eigenvalue weighted by Gasteiger charge is -2.25. The molecule has 0 radical (unpaired) electrons. The number of benzene rings is 3. The molecule has 0 heterocycles. The van der Waals surface area contributed by atoms with E-state index in [2.05, 4.69) is 0 Å². The second-order valence-electron chi connectivity index (χ2n) is 8.03. The van der Waals surface area contributed by atoms with Gasteiger partial charge in [0.15, 0.2) is 0 Å². The number of aryl methyl sites for hydroxylation is 1. The predicted molar refractivity (Wildman–Crippen MR) is 121 cm³/mol. The van der Waals surface area contributed by atoms with Gasteiger partial charge in [-0.3, -0.25) is 4.79 Å². The van der Waals surface area contributed by atoms with Crippen LogP contribution in [0.4, 0.5) is 4.39 Å². The van der Waals surface area contributed by atoms with E-state index in [0.29, 0.717) is 18.7 Å². The number of hydrogen-bond acceptors (Lipinski definition) is 4.